The van der Waals surface area contributed by atoms with Gasteiger partial charge in [-0.1, -0.05) is 26.3 Å². The average Bonchev–Trinajstić information content (AvgIpc) is 2.88. The largest absolute Gasteiger partial charge is 0.460 e. The number of fused-ring (bicyclic) bond motifs is 2. The van der Waals surface area contributed by atoms with Gasteiger partial charge in [-0.25, -0.2) is 4.79 Å². The number of carbonyl (C=O) groups is 2. The Kier molecular flexibility index (Phi) is 3.44. The van der Waals surface area contributed by atoms with Gasteiger partial charge in [0.2, 0.25) is 0 Å². The monoisotopic (exact) mass is 278 g/mol. The number of hydrogen-bond donors (Lipinski definition) is 0. The number of ketones is 1. The number of rotatable bonds is 2. The van der Waals surface area contributed by atoms with Crippen LogP contribution in [-0.2, 0) is 19.1 Å². The van der Waals surface area contributed by atoms with E-state index in [1.807, 2.05) is 13.0 Å². The van der Waals surface area contributed by atoms with Crippen LogP contribution in [0.3, 0.4) is 0 Å². The highest BCUT2D eigenvalue weighted by atomic mass is 16.6. The van der Waals surface area contributed by atoms with Crippen molar-refractivity contribution in [2.75, 3.05) is 0 Å². The third kappa shape index (κ3) is 2.01. The van der Waals surface area contributed by atoms with Crippen LogP contribution in [0, 0.1) is 11.8 Å². The molecule has 1 aliphatic carbocycles. The molecule has 3 aliphatic rings. The van der Waals surface area contributed by atoms with Crippen molar-refractivity contribution >= 4 is 11.8 Å². The number of ether oxygens (including phenoxy) is 2. The Balaban J connectivity index is 1.76. The maximum Gasteiger partial charge on any atom is 0.343 e. The topological polar surface area (TPSA) is 52.6 Å². The Bertz CT molecular complexity index is 449. The summed E-state index contributed by atoms with van der Waals surface area (Å²) in [6, 6.07) is 0. The van der Waals surface area contributed by atoms with E-state index in [2.05, 4.69) is 0 Å². The third-order valence-corrected chi connectivity index (χ3v) is 5.02. The molecule has 4 heteroatoms. The molecule has 0 aromatic carbocycles. The number of Topliss-reactive ketones (excluding diaryl/α,β-unsaturated/α-hetero) is 1. The van der Waals surface area contributed by atoms with Gasteiger partial charge in [-0.05, 0) is 31.8 Å². The Morgan fingerprint density at radius 3 is 2.70 bits per heavy atom. The molecule has 2 aliphatic heterocycles. The van der Waals surface area contributed by atoms with Gasteiger partial charge < -0.3 is 9.47 Å². The van der Waals surface area contributed by atoms with Crippen LogP contribution in [0.4, 0.5) is 0 Å². The molecule has 0 N–H and O–H groups in total. The molecule has 1 saturated heterocycles. The quantitative estimate of drug-likeness (QED) is 0.575. The van der Waals surface area contributed by atoms with Crippen molar-refractivity contribution in [1.29, 1.82) is 0 Å². The summed E-state index contributed by atoms with van der Waals surface area (Å²) in [7, 11) is 0. The Morgan fingerprint density at radius 1 is 1.30 bits per heavy atom. The van der Waals surface area contributed by atoms with Gasteiger partial charge in [0.05, 0.1) is 12.0 Å². The lowest BCUT2D eigenvalue weighted by Crippen LogP contribution is -2.55. The molecule has 2 heterocycles. The van der Waals surface area contributed by atoms with Crippen molar-refractivity contribution in [3.8, 4) is 0 Å². The maximum atomic E-state index is 12.6. The molecular formula is C16H22O4. The van der Waals surface area contributed by atoms with Gasteiger partial charge in [-0.15, -0.1) is 0 Å². The second-order valence-electron chi connectivity index (χ2n) is 6.31. The second-order valence-corrected chi connectivity index (χ2v) is 6.31. The SMILES string of the molecule is C[C@@H]1C(=O)[C@H](C)[C@@]2(C(=O)OC3CCCCC3)C=C[C@@H]1O2. The highest BCUT2D eigenvalue weighted by Crippen LogP contribution is 2.42. The van der Waals surface area contributed by atoms with E-state index in [1.165, 1.54) is 6.42 Å². The van der Waals surface area contributed by atoms with Crippen LogP contribution in [0.15, 0.2) is 12.2 Å². The zero-order chi connectivity index (χ0) is 14.3. The van der Waals surface area contributed by atoms with Crippen molar-refractivity contribution in [1.82, 2.24) is 0 Å². The first-order valence-corrected chi connectivity index (χ1v) is 7.66. The van der Waals surface area contributed by atoms with Crippen LogP contribution in [0.5, 0.6) is 0 Å². The summed E-state index contributed by atoms with van der Waals surface area (Å²) in [6.07, 6.45) is 8.57. The summed E-state index contributed by atoms with van der Waals surface area (Å²) in [5, 5.41) is 0. The van der Waals surface area contributed by atoms with Crippen LogP contribution >= 0.6 is 0 Å². The molecule has 0 unspecified atom stereocenters. The summed E-state index contributed by atoms with van der Waals surface area (Å²) in [6.45, 7) is 3.63. The second kappa shape index (κ2) is 4.99. The predicted octanol–water partition coefficient (Wildman–Crippen LogP) is 2.41. The highest BCUT2D eigenvalue weighted by molar-refractivity contribution is 5.96. The van der Waals surface area contributed by atoms with Gasteiger partial charge in [0.15, 0.2) is 5.60 Å². The van der Waals surface area contributed by atoms with Gasteiger partial charge in [-0.2, -0.15) is 0 Å². The van der Waals surface area contributed by atoms with Gasteiger partial charge in [0, 0.05) is 5.92 Å². The van der Waals surface area contributed by atoms with Crippen molar-refractivity contribution in [3.63, 3.8) is 0 Å². The molecule has 0 aromatic rings. The minimum atomic E-state index is -1.17. The average molecular weight is 278 g/mol. The molecule has 0 aromatic heterocycles. The Morgan fingerprint density at radius 2 is 2.00 bits per heavy atom. The smallest absolute Gasteiger partial charge is 0.343 e. The van der Waals surface area contributed by atoms with E-state index >= 15 is 0 Å². The fourth-order valence-electron chi connectivity index (χ4n) is 3.54. The van der Waals surface area contributed by atoms with Gasteiger partial charge in [0.25, 0.3) is 0 Å². The van der Waals surface area contributed by atoms with Gasteiger partial charge in [0.1, 0.15) is 11.9 Å². The van der Waals surface area contributed by atoms with E-state index in [-0.39, 0.29) is 29.9 Å². The normalized spacial score (nSPS) is 40.9. The number of esters is 1. The molecule has 1 saturated carbocycles. The highest BCUT2D eigenvalue weighted by Gasteiger charge is 2.57. The fourth-order valence-corrected chi connectivity index (χ4v) is 3.54. The number of hydrogen-bond acceptors (Lipinski definition) is 4. The van der Waals surface area contributed by atoms with E-state index in [1.54, 1.807) is 13.0 Å². The minimum Gasteiger partial charge on any atom is -0.460 e. The van der Waals surface area contributed by atoms with E-state index in [0.29, 0.717) is 0 Å². The maximum absolute atomic E-state index is 12.6. The molecule has 0 spiro atoms. The van der Waals surface area contributed by atoms with Crippen LogP contribution in [-0.4, -0.2) is 29.6 Å². The van der Waals surface area contributed by atoms with Crippen LogP contribution in [0.1, 0.15) is 46.0 Å². The summed E-state index contributed by atoms with van der Waals surface area (Å²) in [4.78, 5) is 24.8. The molecule has 2 bridgehead atoms. The first-order valence-electron chi connectivity index (χ1n) is 7.66. The predicted molar refractivity (Wildman–Crippen MR) is 73.0 cm³/mol. The Hall–Kier alpha value is -1.16. The Labute approximate surface area is 119 Å². The van der Waals surface area contributed by atoms with Crippen molar-refractivity contribution < 1.29 is 19.1 Å². The van der Waals surface area contributed by atoms with E-state index in [4.69, 9.17) is 9.47 Å². The molecule has 110 valence electrons. The van der Waals surface area contributed by atoms with Crippen molar-refractivity contribution in [2.45, 2.75) is 63.8 Å². The molecule has 2 fully saturated rings. The lowest BCUT2D eigenvalue weighted by molar-refractivity contribution is -0.192. The standard InChI is InChI=1S/C16H22O4/c1-10-13-8-9-16(20-13,11(2)14(10)17)15(18)19-12-6-4-3-5-7-12/h8-13H,3-7H2,1-2H3/t10-,11-,13-,16+/m0/s1. The van der Waals surface area contributed by atoms with Crippen LogP contribution in [0.25, 0.3) is 0 Å². The lowest BCUT2D eigenvalue weighted by atomic mass is 9.79. The summed E-state index contributed by atoms with van der Waals surface area (Å²) in [5.74, 6) is -0.939. The summed E-state index contributed by atoms with van der Waals surface area (Å²) >= 11 is 0. The minimum absolute atomic E-state index is 0.0108. The van der Waals surface area contributed by atoms with E-state index < -0.39 is 11.5 Å². The van der Waals surface area contributed by atoms with E-state index in [0.717, 1.165) is 25.7 Å². The van der Waals surface area contributed by atoms with Crippen molar-refractivity contribution in [3.05, 3.63) is 12.2 Å². The number of carbonyl (C=O) groups excluding carboxylic acids is 2. The first-order chi connectivity index (χ1) is 9.54. The first kappa shape index (κ1) is 13.8. The molecule has 20 heavy (non-hydrogen) atoms. The van der Waals surface area contributed by atoms with Gasteiger partial charge >= 0.3 is 5.97 Å². The third-order valence-electron chi connectivity index (χ3n) is 5.02. The fraction of sp³-hybridized carbons (Fsp3) is 0.750. The van der Waals surface area contributed by atoms with Crippen LogP contribution < -0.4 is 0 Å². The molecule has 0 radical (unpaired) electrons. The zero-order valence-electron chi connectivity index (χ0n) is 12.1. The van der Waals surface area contributed by atoms with Gasteiger partial charge in [-0.3, -0.25) is 4.79 Å². The van der Waals surface area contributed by atoms with Crippen molar-refractivity contribution in [2.24, 2.45) is 11.8 Å². The van der Waals surface area contributed by atoms with E-state index in [9.17, 15) is 9.59 Å². The lowest BCUT2D eigenvalue weighted by Gasteiger charge is -2.39. The molecule has 0 amide bonds. The molecular weight excluding hydrogens is 256 g/mol. The molecule has 3 rings (SSSR count). The van der Waals surface area contributed by atoms with Crippen LogP contribution in [0.2, 0.25) is 0 Å². The zero-order valence-corrected chi connectivity index (χ0v) is 12.1. The molecule has 4 nitrogen and oxygen atoms in total. The molecule has 4 atom stereocenters. The summed E-state index contributed by atoms with van der Waals surface area (Å²) in [5.41, 5.74) is -1.17. The summed E-state index contributed by atoms with van der Waals surface area (Å²) < 4.78 is 11.5.